The quantitative estimate of drug-likeness (QED) is 0.332. The molecule has 34 heavy (non-hydrogen) atoms. The number of thiazole rings is 1. The molecular weight excluding hydrogens is 466 g/mol. The average Bonchev–Trinajstić information content (AvgIpc) is 3.24. The molecule has 176 valence electrons. The Balaban J connectivity index is 1.49. The van der Waals surface area contributed by atoms with Gasteiger partial charge in [0, 0.05) is 18.7 Å². The normalized spacial score (nSPS) is 11.9. The van der Waals surface area contributed by atoms with Crippen LogP contribution in [0, 0.1) is 0 Å². The van der Waals surface area contributed by atoms with E-state index < -0.39 is 10.0 Å². The number of anilines is 1. The summed E-state index contributed by atoms with van der Waals surface area (Å²) in [7, 11) is -3.69. The first kappa shape index (κ1) is 24.1. The van der Waals surface area contributed by atoms with Gasteiger partial charge in [-0.3, -0.25) is 10.1 Å². The van der Waals surface area contributed by atoms with Crippen LogP contribution < -0.4 is 5.32 Å². The summed E-state index contributed by atoms with van der Waals surface area (Å²) in [6.07, 6.45) is 0. The van der Waals surface area contributed by atoms with Crippen molar-refractivity contribution in [3.63, 3.8) is 0 Å². The minimum atomic E-state index is -3.69. The Bertz CT molecular complexity index is 1400. The van der Waals surface area contributed by atoms with Crippen LogP contribution in [0.3, 0.4) is 0 Å². The second-order valence-electron chi connectivity index (χ2n) is 8.30. The van der Waals surface area contributed by atoms with Gasteiger partial charge in [-0.05, 0) is 53.4 Å². The van der Waals surface area contributed by atoms with Gasteiger partial charge >= 0.3 is 0 Å². The second kappa shape index (κ2) is 10.0. The molecule has 3 aromatic carbocycles. The van der Waals surface area contributed by atoms with Crippen molar-refractivity contribution >= 4 is 42.6 Å². The highest BCUT2D eigenvalue weighted by molar-refractivity contribution is 7.89. The van der Waals surface area contributed by atoms with E-state index >= 15 is 0 Å². The van der Waals surface area contributed by atoms with Gasteiger partial charge < -0.3 is 0 Å². The summed E-state index contributed by atoms with van der Waals surface area (Å²) < 4.78 is 28.7. The summed E-state index contributed by atoms with van der Waals surface area (Å²) in [6.45, 7) is 6.71. The van der Waals surface area contributed by atoms with Crippen LogP contribution in [0.2, 0.25) is 0 Å². The van der Waals surface area contributed by atoms with E-state index in [0.717, 1.165) is 15.8 Å². The Labute approximate surface area is 204 Å². The van der Waals surface area contributed by atoms with Crippen molar-refractivity contribution in [1.29, 1.82) is 0 Å². The molecule has 0 aliphatic rings. The fraction of sp³-hybridized carbons (Fsp3) is 0.231. The van der Waals surface area contributed by atoms with Crippen molar-refractivity contribution in [2.24, 2.45) is 0 Å². The molecule has 0 radical (unpaired) electrons. The highest BCUT2D eigenvalue weighted by Crippen LogP contribution is 2.29. The van der Waals surface area contributed by atoms with Crippen LogP contribution in [-0.4, -0.2) is 30.2 Å². The van der Waals surface area contributed by atoms with Gasteiger partial charge in [-0.2, -0.15) is 4.31 Å². The maximum Gasteiger partial charge on any atom is 0.257 e. The molecule has 0 spiro atoms. The Kier molecular flexibility index (Phi) is 7.11. The third-order valence-corrected chi connectivity index (χ3v) is 8.48. The molecule has 6 nitrogen and oxygen atoms in total. The molecule has 4 aromatic rings. The van der Waals surface area contributed by atoms with Gasteiger partial charge in [0.05, 0.1) is 15.1 Å². The second-order valence-corrected chi connectivity index (χ2v) is 11.3. The molecule has 4 rings (SSSR count). The van der Waals surface area contributed by atoms with Crippen LogP contribution in [0.15, 0.2) is 77.7 Å². The summed E-state index contributed by atoms with van der Waals surface area (Å²) in [5.74, 6) is 0.0828. The number of carbonyl (C=O) groups excluding carboxylic acids is 1. The minimum absolute atomic E-state index is 0.156. The largest absolute Gasteiger partial charge is 0.298 e. The van der Waals surface area contributed by atoms with Gasteiger partial charge in [-0.1, -0.05) is 68.5 Å². The van der Waals surface area contributed by atoms with Crippen molar-refractivity contribution < 1.29 is 13.2 Å². The number of hydrogen-bond acceptors (Lipinski definition) is 5. The van der Waals surface area contributed by atoms with E-state index in [1.165, 1.54) is 45.5 Å². The van der Waals surface area contributed by atoms with Crippen LogP contribution in [0.25, 0.3) is 10.2 Å². The molecule has 8 heteroatoms. The molecule has 1 amide bonds. The molecular formula is C26H27N3O3S2. The monoisotopic (exact) mass is 493 g/mol. The van der Waals surface area contributed by atoms with Crippen LogP contribution >= 0.6 is 11.3 Å². The predicted molar refractivity (Wildman–Crippen MR) is 138 cm³/mol. The lowest BCUT2D eigenvalue weighted by Gasteiger charge is -2.20. The Morgan fingerprint density at radius 1 is 1.03 bits per heavy atom. The molecule has 0 atom stereocenters. The van der Waals surface area contributed by atoms with E-state index in [1.807, 2.05) is 43.3 Å². The summed E-state index contributed by atoms with van der Waals surface area (Å²) in [5.41, 5.74) is 3.34. The third kappa shape index (κ3) is 5.19. The Morgan fingerprint density at radius 3 is 2.38 bits per heavy atom. The number of sulfonamides is 1. The van der Waals surface area contributed by atoms with Crippen LogP contribution in [0.1, 0.15) is 48.2 Å². The van der Waals surface area contributed by atoms with E-state index in [4.69, 9.17) is 0 Å². The number of rotatable bonds is 8. The Hall–Kier alpha value is -3.07. The standard InChI is InChI=1S/C26H27N3O3S2/c1-4-29(17-19-8-6-5-7-9-19)34(31,32)22-13-10-20(11-14-22)25(30)28-26-27-23-15-12-21(18(2)3)16-24(23)33-26/h5-16,18H,4,17H2,1-3H3,(H,27,28,30). The van der Waals surface area contributed by atoms with Gasteiger partial charge in [-0.25, -0.2) is 13.4 Å². The summed E-state index contributed by atoms with van der Waals surface area (Å²) in [4.78, 5) is 17.4. The number of hydrogen-bond donors (Lipinski definition) is 1. The molecule has 0 unspecified atom stereocenters. The zero-order chi connectivity index (χ0) is 24.3. The number of aromatic nitrogens is 1. The van der Waals surface area contributed by atoms with Crippen molar-refractivity contribution in [3.05, 3.63) is 89.5 Å². The first-order valence-corrected chi connectivity index (χ1v) is 13.4. The zero-order valence-electron chi connectivity index (χ0n) is 19.4. The molecule has 1 aromatic heterocycles. The number of fused-ring (bicyclic) bond motifs is 1. The van der Waals surface area contributed by atoms with Gasteiger partial charge in [0.15, 0.2) is 5.13 Å². The maximum absolute atomic E-state index is 13.1. The highest BCUT2D eigenvalue weighted by atomic mass is 32.2. The number of carbonyl (C=O) groups is 1. The number of nitrogens with zero attached hydrogens (tertiary/aromatic N) is 2. The van der Waals surface area contributed by atoms with Crippen molar-refractivity contribution in [3.8, 4) is 0 Å². The fourth-order valence-electron chi connectivity index (χ4n) is 3.60. The molecule has 0 saturated carbocycles. The van der Waals surface area contributed by atoms with E-state index in [9.17, 15) is 13.2 Å². The first-order valence-electron chi connectivity index (χ1n) is 11.1. The van der Waals surface area contributed by atoms with Gasteiger partial charge in [-0.15, -0.1) is 0 Å². The van der Waals surface area contributed by atoms with Crippen LogP contribution in [0.4, 0.5) is 5.13 Å². The molecule has 0 fully saturated rings. The van der Waals surface area contributed by atoms with E-state index in [0.29, 0.717) is 23.2 Å². The number of amides is 1. The summed E-state index contributed by atoms with van der Waals surface area (Å²) in [5, 5.41) is 3.34. The molecule has 0 aliphatic carbocycles. The highest BCUT2D eigenvalue weighted by Gasteiger charge is 2.23. The lowest BCUT2D eigenvalue weighted by Crippen LogP contribution is -2.30. The predicted octanol–water partition coefficient (Wildman–Crippen LogP) is 5.88. The lowest BCUT2D eigenvalue weighted by atomic mass is 10.0. The molecule has 0 aliphatic heterocycles. The van der Waals surface area contributed by atoms with Crippen LogP contribution in [0.5, 0.6) is 0 Å². The number of benzene rings is 3. The summed E-state index contributed by atoms with van der Waals surface area (Å²) in [6, 6.07) is 21.6. The lowest BCUT2D eigenvalue weighted by molar-refractivity contribution is 0.102. The molecule has 1 heterocycles. The topological polar surface area (TPSA) is 79.4 Å². The van der Waals surface area contributed by atoms with E-state index in [1.54, 1.807) is 0 Å². The third-order valence-electron chi connectivity index (χ3n) is 5.61. The van der Waals surface area contributed by atoms with Crippen molar-refractivity contribution in [2.75, 3.05) is 11.9 Å². The molecule has 0 bridgehead atoms. The Morgan fingerprint density at radius 2 is 1.74 bits per heavy atom. The molecule has 1 N–H and O–H groups in total. The number of nitrogens with one attached hydrogen (secondary N) is 1. The zero-order valence-corrected chi connectivity index (χ0v) is 21.0. The van der Waals surface area contributed by atoms with Crippen molar-refractivity contribution in [1.82, 2.24) is 9.29 Å². The molecule has 0 saturated heterocycles. The van der Waals surface area contributed by atoms with Gasteiger partial charge in [0.2, 0.25) is 10.0 Å². The van der Waals surface area contributed by atoms with Crippen molar-refractivity contribution in [2.45, 2.75) is 38.1 Å². The summed E-state index contributed by atoms with van der Waals surface area (Å²) >= 11 is 1.42. The first-order chi connectivity index (χ1) is 16.3. The fourth-order valence-corrected chi connectivity index (χ4v) is 5.95. The average molecular weight is 494 g/mol. The smallest absolute Gasteiger partial charge is 0.257 e. The van der Waals surface area contributed by atoms with E-state index in [2.05, 4.69) is 36.3 Å². The van der Waals surface area contributed by atoms with E-state index in [-0.39, 0.29) is 17.3 Å². The maximum atomic E-state index is 13.1. The SMILES string of the molecule is CCN(Cc1ccccc1)S(=O)(=O)c1ccc(C(=O)Nc2nc3ccc(C(C)C)cc3s2)cc1. The minimum Gasteiger partial charge on any atom is -0.298 e. The van der Waals surface area contributed by atoms with Crippen LogP contribution in [-0.2, 0) is 16.6 Å². The van der Waals surface area contributed by atoms with Gasteiger partial charge in [0.25, 0.3) is 5.91 Å². The van der Waals surface area contributed by atoms with Gasteiger partial charge in [0.1, 0.15) is 0 Å².